The van der Waals surface area contributed by atoms with Crippen molar-refractivity contribution in [3.8, 4) is 5.75 Å². The summed E-state index contributed by atoms with van der Waals surface area (Å²) in [7, 11) is 3.14. The Labute approximate surface area is 356 Å². The number of rotatable bonds is 15. The summed E-state index contributed by atoms with van der Waals surface area (Å²) in [6.45, 7) is 9.17. The van der Waals surface area contributed by atoms with Crippen molar-refractivity contribution < 1.29 is 19.2 Å². The van der Waals surface area contributed by atoms with E-state index in [0.717, 1.165) is 40.9 Å². The number of ether oxygens (including phenoxy) is 1. The molecule has 2 aliphatic rings. The van der Waals surface area contributed by atoms with Gasteiger partial charge in [0.15, 0.2) is 0 Å². The number of likely N-dealkylation sites (N-methyl/N-ethyl adjacent to an activating group) is 1. The lowest BCUT2D eigenvalue weighted by atomic mass is 9.72. The number of piperidine rings is 1. The monoisotopic (exact) mass is 810 g/mol. The number of para-hydroxylation sites is 2. The van der Waals surface area contributed by atoms with Crippen molar-refractivity contribution in [2.75, 3.05) is 32.6 Å². The zero-order valence-electron chi connectivity index (χ0n) is 36.1. The maximum Gasteiger partial charge on any atom is 0.263 e. The van der Waals surface area contributed by atoms with Crippen LogP contribution in [-0.2, 0) is 26.4 Å². The average molecular weight is 811 g/mol. The van der Waals surface area contributed by atoms with Gasteiger partial charge in [-0.25, -0.2) is 10.0 Å². The highest BCUT2D eigenvalue weighted by Crippen LogP contribution is 2.42. The van der Waals surface area contributed by atoms with Crippen LogP contribution in [0.4, 0.5) is 5.69 Å². The highest BCUT2D eigenvalue weighted by atomic mass is 16.7. The van der Waals surface area contributed by atoms with E-state index in [0.29, 0.717) is 37.1 Å². The number of imidazole rings is 1. The Hall–Kier alpha value is -5.45. The molecule has 5 aromatic rings. The molecule has 2 unspecified atom stereocenters. The zero-order chi connectivity index (χ0) is 42.3. The third-order valence-corrected chi connectivity index (χ3v) is 12.3. The molecule has 0 radical (unpaired) electrons. The fraction of sp³-hybridized carbons (Fsp3) is 0.420. The number of hydrogen-bond donors (Lipinski definition) is 2. The molecule has 60 heavy (non-hydrogen) atoms. The van der Waals surface area contributed by atoms with Gasteiger partial charge in [-0.1, -0.05) is 122 Å². The number of amides is 2. The van der Waals surface area contributed by atoms with Gasteiger partial charge in [0.05, 0.1) is 30.9 Å². The number of nitrogens with zero attached hydrogens (tertiary/aromatic N) is 4. The first-order chi connectivity index (χ1) is 29.0. The molecule has 10 heteroatoms. The first-order valence-electron chi connectivity index (χ1n) is 21.6. The number of hydroxylamine groups is 2. The predicted molar refractivity (Wildman–Crippen MR) is 238 cm³/mol. The van der Waals surface area contributed by atoms with E-state index in [-0.39, 0.29) is 23.5 Å². The van der Waals surface area contributed by atoms with Gasteiger partial charge in [0, 0.05) is 38.8 Å². The number of likely N-dealkylation sites (tertiary alicyclic amines) is 1. The number of benzene rings is 4. The van der Waals surface area contributed by atoms with E-state index in [1.54, 1.807) is 7.05 Å². The van der Waals surface area contributed by atoms with Crippen molar-refractivity contribution in [3.05, 3.63) is 150 Å². The molecule has 2 N–H and O–H groups in total. The molecule has 2 amide bonds. The molecule has 0 bridgehead atoms. The van der Waals surface area contributed by atoms with Gasteiger partial charge >= 0.3 is 0 Å². The van der Waals surface area contributed by atoms with Crippen molar-refractivity contribution in [1.29, 1.82) is 0 Å². The van der Waals surface area contributed by atoms with Crippen molar-refractivity contribution >= 4 is 17.5 Å². The van der Waals surface area contributed by atoms with Crippen LogP contribution in [0.1, 0.15) is 82.2 Å². The molecule has 2 fully saturated rings. The molecule has 0 spiro atoms. The number of nitrogens with one attached hydrogen (secondary N) is 2. The van der Waals surface area contributed by atoms with Crippen LogP contribution in [-0.4, -0.2) is 82.3 Å². The molecule has 1 aliphatic heterocycles. The van der Waals surface area contributed by atoms with Crippen LogP contribution in [0, 0.1) is 11.8 Å². The Morgan fingerprint density at radius 3 is 1.98 bits per heavy atom. The molecule has 10 nitrogen and oxygen atoms in total. The highest BCUT2D eigenvalue weighted by molar-refractivity contribution is 5.85. The smallest absolute Gasteiger partial charge is 0.263 e. The van der Waals surface area contributed by atoms with E-state index in [1.807, 2.05) is 76.5 Å². The van der Waals surface area contributed by atoms with Crippen LogP contribution in [0.15, 0.2) is 128 Å². The molecular formula is C50H62N6O4. The van der Waals surface area contributed by atoms with Crippen molar-refractivity contribution in [2.24, 2.45) is 11.8 Å². The summed E-state index contributed by atoms with van der Waals surface area (Å²) >= 11 is 0. The Kier molecular flexibility index (Phi) is 13.4. The molecule has 1 aromatic heterocycles. The predicted octanol–water partition coefficient (Wildman–Crippen LogP) is 8.33. The van der Waals surface area contributed by atoms with Crippen LogP contribution in [0.25, 0.3) is 0 Å². The van der Waals surface area contributed by atoms with Crippen molar-refractivity contribution in [3.63, 3.8) is 0 Å². The van der Waals surface area contributed by atoms with Gasteiger partial charge in [-0.05, 0) is 81.2 Å². The summed E-state index contributed by atoms with van der Waals surface area (Å²) in [4.78, 5) is 41.2. The molecule has 5 atom stereocenters. The maximum absolute atomic E-state index is 14.5. The Bertz CT molecular complexity index is 2060. The van der Waals surface area contributed by atoms with Gasteiger partial charge in [-0.3, -0.25) is 14.4 Å². The van der Waals surface area contributed by atoms with E-state index < -0.39 is 17.6 Å². The normalized spacial score (nSPS) is 19.2. The lowest BCUT2D eigenvalue weighted by molar-refractivity contribution is -0.171. The van der Waals surface area contributed by atoms with Gasteiger partial charge in [0.25, 0.3) is 5.91 Å². The second-order valence-corrected chi connectivity index (χ2v) is 17.5. The molecule has 7 rings (SSSR count). The molecule has 1 saturated heterocycles. The fourth-order valence-electron chi connectivity index (χ4n) is 9.41. The van der Waals surface area contributed by atoms with E-state index in [1.165, 1.54) is 31.4 Å². The molecule has 1 aliphatic carbocycles. The van der Waals surface area contributed by atoms with Gasteiger partial charge in [0.1, 0.15) is 22.9 Å². The minimum Gasteiger partial charge on any atom is -0.486 e. The van der Waals surface area contributed by atoms with Crippen LogP contribution in [0.3, 0.4) is 0 Å². The molecule has 1 saturated carbocycles. The minimum atomic E-state index is -0.727. The average Bonchev–Trinajstić information content (AvgIpc) is 3.74. The largest absolute Gasteiger partial charge is 0.486 e. The number of aromatic nitrogens is 2. The summed E-state index contributed by atoms with van der Waals surface area (Å²) in [5.74, 6) is 1.58. The van der Waals surface area contributed by atoms with E-state index in [4.69, 9.17) is 14.6 Å². The summed E-state index contributed by atoms with van der Waals surface area (Å²) in [6.07, 6.45) is 9.89. The van der Waals surface area contributed by atoms with Crippen LogP contribution >= 0.6 is 0 Å². The number of anilines is 1. The van der Waals surface area contributed by atoms with Crippen LogP contribution in [0.5, 0.6) is 5.75 Å². The fourth-order valence-corrected chi connectivity index (χ4v) is 9.41. The lowest BCUT2D eigenvalue weighted by Gasteiger charge is -2.47. The van der Waals surface area contributed by atoms with Gasteiger partial charge in [-0.15, -0.1) is 0 Å². The summed E-state index contributed by atoms with van der Waals surface area (Å²) in [6, 6.07) is 38.0. The molecule has 316 valence electrons. The molecule has 4 aromatic carbocycles. The third-order valence-electron chi connectivity index (χ3n) is 12.3. The number of carbonyl (C=O) groups is 2. The van der Waals surface area contributed by atoms with Crippen LogP contribution in [0.2, 0.25) is 0 Å². The van der Waals surface area contributed by atoms with E-state index in [9.17, 15) is 9.59 Å². The maximum atomic E-state index is 14.5. The van der Waals surface area contributed by atoms with Gasteiger partial charge in [0.2, 0.25) is 5.91 Å². The first-order valence-corrected chi connectivity index (χ1v) is 21.6. The Morgan fingerprint density at radius 1 is 0.833 bits per heavy atom. The van der Waals surface area contributed by atoms with E-state index in [2.05, 4.69) is 99.1 Å². The Morgan fingerprint density at radius 2 is 1.40 bits per heavy atom. The minimum absolute atomic E-state index is 0.0473. The topological polar surface area (TPSA) is 101 Å². The summed E-state index contributed by atoms with van der Waals surface area (Å²) in [5, 5.41) is 8.41. The van der Waals surface area contributed by atoms with Gasteiger partial charge < -0.3 is 24.8 Å². The number of hydrogen-bond acceptors (Lipinski definition) is 7. The molecule has 2 heterocycles. The van der Waals surface area contributed by atoms with Crippen molar-refractivity contribution in [2.45, 2.75) is 95.5 Å². The first kappa shape index (κ1) is 42.7. The summed E-state index contributed by atoms with van der Waals surface area (Å²) < 4.78 is 8.43. The summed E-state index contributed by atoms with van der Waals surface area (Å²) in [5.41, 5.74) is 3.71. The SMILES string of the molecule is CON(C)C(=O)C(Cc1cn(C(c2ccccc2)(c2ccccc2)c2ccccc2)cn1)NC[C@H]1C[C@@H]2CCCC[C@H]2CN1C(=O)C(C)Nc1ccccc1OC(C)(C)C. The third kappa shape index (κ3) is 9.45. The zero-order valence-corrected chi connectivity index (χ0v) is 36.1. The van der Waals surface area contributed by atoms with Gasteiger partial charge in [-0.2, -0.15) is 0 Å². The second kappa shape index (κ2) is 18.9. The highest BCUT2D eigenvalue weighted by Gasteiger charge is 2.41. The van der Waals surface area contributed by atoms with E-state index >= 15 is 0 Å². The second-order valence-electron chi connectivity index (χ2n) is 17.5. The Balaban J connectivity index is 1.16. The standard InChI is InChI=1S/C50H62N6O4/c1-36(53-44-28-18-19-29-46(44)60-49(2,3)4)47(57)56-33-38-21-17-16-20-37(38)30-43(56)32-51-45(48(58)54(5)59-6)31-42-34-55(35-52-42)50(39-22-10-7-11-23-39,40-24-12-8-13-25-40)41-26-14-9-15-27-41/h7-15,18-19,22-29,34-38,43,45,51,53H,16-17,20-21,30-33H2,1-6H3/t36?,37-,38-,43+,45?/m0/s1. The number of carbonyl (C=O) groups excluding carboxylic acids is 2. The van der Waals surface area contributed by atoms with Crippen molar-refractivity contribution in [1.82, 2.24) is 24.8 Å². The number of fused-ring (bicyclic) bond motifs is 1. The molecular weight excluding hydrogens is 749 g/mol. The quantitative estimate of drug-likeness (QED) is 0.0811. The van der Waals surface area contributed by atoms with Crippen LogP contribution < -0.4 is 15.4 Å². The lowest BCUT2D eigenvalue weighted by Crippen LogP contribution is -2.59.